The molecule has 0 saturated heterocycles. The van der Waals surface area contributed by atoms with Crippen LogP contribution in [0.2, 0.25) is 0 Å². The van der Waals surface area contributed by atoms with Gasteiger partial charge in [-0.1, -0.05) is 18.2 Å². The van der Waals surface area contributed by atoms with Crippen LogP contribution in [0.1, 0.15) is 29.3 Å². The number of rotatable bonds is 4. The van der Waals surface area contributed by atoms with Gasteiger partial charge in [0.2, 0.25) is 11.8 Å². The second kappa shape index (κ2) is 6.66. The second-order valence-electron chi connectivity index (χ2n) is 5.78. The first-order chi connectivity index (χ1) is 11.5. The number of Topliss-reactive ketones (excluding diaryl/α,β-unsaturated/α-hetero) is 1. The number of carbonyl (C=O) groups excluding carboxylic acids is 3. The van der Waals surface area contributed by atoms with E-state index in [1.807, 2.05) is 24.3 Å². The molecule has 1 aliphatic heterocycles. The van der Waals surface area contributed by atoms with Crippen molar-refractivity contribution in [1.29, 1.82) is 0 Å². The molecule has 0 saturated carbocycles. The number of benzene rings is 2. The van der Waals surface area contributed by atoms with Crippen LogP contribution in [0.25, 0.3) is 0 Å². The number of hydrogen-bond donors (Lipinski definition) is 1. The predicted octanol–water partition coefficient (Wildman–Crippen LogP) is 2.81. The SMILES string of the molecule is CC(=O)c1ccc(NC(=O)CC(=O)N2CCc3ccccc32)cc1. The Morgan fingerprint density at radius 1 is 1.04 bits per heavy atom. The zero-order valence-electron chi connectivity index (χ0n) is 13.4. The lowest BCUT2D eigenvalue weighted by atomic mass is 10.1. The largest absolute Gasteiger partial charge is 0.326 e. The van der Waals surface area contributed by atoms with Crippen LogP contribution in [0, 0.1) is 0 Å². The Labute approximate surface area is 140 Å². The minimum atomic E-state index is -0.361. The number of nitrogens with one attached hydrogen (secondary N) is 1. The molecule has 3 rings (SSSR count). The van der Waals surface area contributed by atoms with Crippen LogP contribution in [0.3, 0.4) is 0 Å². The molecule has 0 fully saturated rings. The van der Waals surface area contributed by atoms with E-state index in [9.17, 15) is 14.4 Å². The van der Waals surface area contributed by atoms with Crippen molar-refractivity contribution in [2.45, 2.75) is 19.8 Å². The maximum Gasteiger partial charge on any atom is 0.236 e. The summed E-state index contributed by atoms with van der Waals surface area (Å²) in [5, 5.41) is 2.69. The number of carbonyl (C=O) groups is 3. The van der Waals surface area contributed by atoms with E-state index in [1.54, 1.807) is 29.2 Å². The monoisotopic (exact) mass is 322 g/mol. The third kappa shape index (κ3) is 3.35. The summed E-state index contributed by atoms with van der Waals surface area (Å²) in [4.78, 5) is 37.4. The van der Waals surface area contributed by atoms with E-state index in [-0.39, 0.29) is 24.0 Å². The zero-order chi connectivity index (χ0) is 17.1. The van der Waals surface area contributed by atoms with Gasteiger partial charge in [0.05, 0.1) is 0 Å². The van der Waals surface area contributed by atoms with Gasteiger partial charge in [0.1, 0.15) is 6.42 Å². The van der Waals surface area contributed by atoms with Crippen LogP contribution in [-0.4, -0.2) is 24.1 Å². The van der Waals surface area contributed by atoms with Crippen LogP contribution < -0.4 is 10.2 Å². The summed E-state index contributed by atoms with van der Waals surface area (Å²) >= 11 is 0. The van der Waals surface area contributed by atoms with Crippen LogP contribution in [0.5, 0.6) is 0 Å². The zero-order valence-corrected chi connectivity index (χ0v) is 13.4. The van der Waals surface area contributed by atoms with E-state index >= 15 is 0 Å². The molecule has 2 aromatic carbocycles. The Balaban J connectivity index is 1.61. The fraction of sp³-hybridized carbons (Fsp3) is 0.211. The molecule has 0 spiro atoms. The van der Waals surface area contributed by atoms with Gasteiger partial charge in [-0.05, 0) is 49.2 Å². The van der Waals surface area contributed by atoms with Crippen molar-refractivity contribution in [2.75, 3.05) is 16.8 Å². The predicted molar refractivity (Wildman–Crippen MR) is 92.2 cm³/mol. The molecule has 5 nitrogen and oxygen atoms in total. The van der Waals surface area contributed by atoms with Gasteiger partial charge in [0.25, 0.3) is 0 Å². The minimum absolute atomic E-state index is 0.0317. The number of para-hydroxylation sites is 1. The van der Waals surface area contributed by atoms with Gasteiger partial charge in [0, 0.05) is 23.5 Å². The van der Waals surface area contributed by atoms with Crippen molar-refractivity contribution < 1.29 is 14.4 Å². The molecule has 122 valence electrons. The third-order valence-electron chi connectivity index (χ3n) is 4.08. The lowest BCUT2D eigenvalue weighted by Gasteiger charge is -2.17. The maximum absolute atomic E-state index is 12.4. The van der Waals surface area contributed by atoms with Crippen molar-refractivity contribution in [3.63, 3.8) is 0 Å². The molecule has 0 atom stereocenters. The van der Waals surface area contributed by atoms with Gasteiger partial charge >= 0.3 is 0 Å². The number of amides is 2. The lowest BCUT2D eigenvalue weighted by Crippen LogP contribution is -2.32. The summed E-state index contributed by atoms with van der Waals surface area (Å²) < 4.78 is 0. The van der Waals surface area contributed by atoms with Crippen LogP contribution in [0.15, 0.2) is 48.5 Å². The van der Waals surface area contributed by atoms with Gasteiger partial charge in [-0.3, -0.25) is 14.4 Å². The molecule has 2 aromatic rings. The summed E-state index contributed by atoms with van der Waals surface area (Å²) in [5.41, 5.74) is 3.17. The normalized spacial score (nSPS) is 12.6. The van der Waals surface area contributed by atoms with E-state index < -0.39 is 0 Å². The molecule has 1 N–H and O–H groups in total. The Hall–Kier alpha value is -2.95. The van der Waals surface area contributed by atoms with Gasteiger partial charge in [-0.15, -0.1) is 0 Å². The highest BCUT2D eigenvalue weighted by Gasteiger charge is 2.25. The topological polar surface area (TPSA) is 66.5 Å². The summed E-state index contributed by atoms with van der Waals surface area (Å²) in [6, 6.07) is 14.4. The van der Waals surface area contributed by atoms with Gasteiger partial charge in [-0.2, -0.15) is 0 Å². The van der Waals surface area contributed by atoms with Crippen molar-refractivity contribution in [2.24, 2.45) is 0 Å². The molecule has 2 amide bonds. The van der Waals surface area contributed by atoms with Crippen molar-refractivity contribution in [3.8, 4) is 0 Å². The molecule has 1 aliphatic rings. The van der Waals surface area contributed by atoms with Crippen LogP contribution in [0.4, 0.5) is 11.4 Å². The fourth-order valence-electron chi connectivity index (χ4n) is 2.82. The average molecular weight is 322 g/mol. The number of fused-ring (bicyclic) bond motifs is 1. The number of anilines is 2. The summed E-state index contributed by atoms with van der Waals surface area (Å²) in [5.74, 6) is -0.603. The smallest absolute Gasteiger partial charge is 0.236 e. The first-order valence-electron chi connectivity index (χ1n) is 7.84. The molecule has 0 aromatic heterocycles. The van der Waals surface area contributed by atoms with E-state index in [0.717, 1.165) is 17.7 Å². The number of hydrogen-bond acceptors (Lipinski definition) is 3. The first-order valence-corrected chi connectivity index (χ1v) is 7.84. The van der Waals surface area contributed by atoms with Crippen LogP contribution in [-0.2, 0) is 16.0 Å². The average Bonchev–Trinajstić information content (AvgIpc) is 2.99. The summed E-state index contributed by atoms with van der Waals surface area (Å²) in [6.07, 6.45) is 0.610. The lowest BCUT2D eigenvalue weighted by molar-refractivity contribution is -0.125. The molecule has 0 aliphatic carbocycles. The molecule has 24 heavy (non-hydrogen) atoms. The second-order valence-corrected chi connectivity index (χ2v) is 5.78. The van der Waals surface area contributed by atoms with Crippen molar-refractivity contribution in [3.05, 3.63) is 59.7 Å². The van der Waals surface area contributed by atoms with E-state index in [0.29, 0.717) is 17.8 Å². The highest BCUT2D eigenvalue weighted by molar-refractivity contribution is 6.09. The van der Waals surface area contributed by atoms with Crippen molar-refractivity contribution in [1.82, 2.24) is 0 Å². The molecule has 0 unspecified atom stereocenters. The summed E-state index contributed by atoms with van der Waals surface area (Å²) in [7, 11) is 0. The van der Waals surface area contributed by atoms with E-state index in [2.05, 4.69) is 5.32 Å². The van der Waals surface area contributed by atoms with Crippen LogP contribution >= 0.6 is 0 Å². The van der Waals surface area contributed by atoms with Gasteiger partial charge in [-0.25, -0.2) is 0 Å². The van der Waals surface area contributed by atoms with Gasteiger partial charge < -0.3 is 10.2 Å². The molecule has 5 heteroatoms. The summed E-state index contributed by atoms with van der Waals surface area (Å²) in [6.45, 7) is 2.10. The van der Waals surface area contributed by atoms with E-state index in [1.165, 1.54) is 6.92 Å². The fourth-order valence-corrected chi connectivity index (χ4v) is 2.82. The van der Waals surface area contributed by atoms with Gasteiger partial charge in [0.15, 0.2) is 5.78 Å². The molecule has 0 radical (unpaired) electrons. The third-order valence-corrected chi connectivity index (χ3v) is 4.08. The first kappa shape index (κ1) is 15.9. The number of ketones is 1. The Bertz CT molecular complexity index is 797. The molecule has 1 heterocycles. The van der Waals surface area contributed by atoms with Crippen molar-refractivity contribution >= 4 is 29.0 Å². The molecular formula is C19H18N2O3. The Morgan fingerprint density at radius 2 is 1.75 bits per heavy atom. The standard InChI is InChI=1S/C19H18N2O3/c1-13(22)14-6-8-16(9-7-14)20-18(23)12-19(24)21-11-10-15-4-2-3-5-17(15)21/h2-9H,10-12H2,1H3,(H,20,23). The highest BCUT2D eigenvalue weighted by Crippen LogP contribution is 2.27. The van der Waals surface area contributed by atoms with E-state index in [4.69, 9.17) is 0 Å². The highest BCUT2D eigenvalue weighted by atomic mass is 16.2. The number of nitrogens with zero attached hydrogens (tertiary/aromatic N) is 1. The Kier molecular flexibility index (Phi) is 4.42. The molecule has 0 bridgehead atoms. The molecular weight excluding hydrogens is 304 g/mol. The minimum Gasteiger partial charge on any atom is -0.326 e. The quantitative estimate of drug-likeness (QED) is 0.695. The maximum atomic E-state index is 12.4. The Morgan fingerprint density at radius 3 is 2.46 bits per heavy atom.